The van der Waals surface area contributed by atoms with E-state index < -0.39 is 0 Å². The number of hydrogen-bond acceptors (Lipinski definition) is 5. The number of para-hydroxylation sites is 1. The van der Waals surface area contributed by atoms with E-state index in [0.717, 1.165) is 30.6 Å². The molecule has 3 heterocycles. The second-order valence-corrected chi connectivity index (χ2v) is 7.82. The van der Waals surface area contributed by atoms with Crippen LogP contribution in [0.3, 0.4) is 0 Å². The summed E-state index contributed by atoms with van der Waals surface area (Å²) < 4.78 is 13.8. The first-order valence-electron chi connectivity index (χ1n) is 10.5. The van der Waals surface area contributed by atoms with Gasteiger partial charge in [-0.15, -0.1) is 0 Å². The lowest BCUT2D eigenvalue weighted by atomic mass is 10.1. The molecule has 2 aromatic rings. The maximum Gasteiger partial charge on any atom is 0.165 e. The molecule has 4 rings (SSSR count). The first-order chi connectivity index (χ1) is 13.8. The van der Waals surface area contributed by atoms with Gasteiger partial charge in [0.05, 0.1) is 20.0 Å². The summed E-state index contributed by atoms with van der Waals surface area (Å²) >= 11 is 0. The zero-order chi connectivity index (χ0) is 19.3. The fraction of sp³-hybridized carbons (Fsp3) is 0.591. The lowest BCUT2D eigenvalue weighted by molar-refractivity contribution is 0.212. The topological polar surface area (TPSA) is 42.8 Å². The van der Waals surface area contributed by atoms with Gasteiger partial charge in [-0.2, -0.15) is 0 Å². The highest BCUT2D eigenvalue weighted by Gasteiger charge is 2.41. The molecule has 0 unspecified atom stereocenters. The van der Waals surface area contributed by atoms with Crippen LogP contribution >= 0.6 is 0 Å². The molecule has 6 nitrogen and oxygen atoms in total. The van der Waals surface area contributed by atoms with Crippen molar-refractivity contribution in [3.63, 3.8) is 0 Å². The van der Waals surface area contributed by atoms with Gasteiger partial charge in [0.25, 0.3) is 0 Å². The largest absolute Gasteiger partial charge is 0.493 e. The van der Waals surface area contributed by atoms with Crippen molar-refractivity contribution in [2.75, 3.05) is 33.4 Å². The molecule has 152 valence electrons. The van der Waals surface area contributed by atoms with E-state index in [9.17, 15) is 0 Å². The van der Waals surface area contributed by atoms with Crippen LogP contribution < -0.4 is 9.47 Å². The zero-order valence-electron chi connectivity index (χ0n) is 17.1. The molecule has 0 amide bonds. The lowest BCUT2D eigenvalue weighted by Crippen LogP contribution is -2.36. The normalized spacial score (nSPS) is 22.5. The predicted molar refractivity (Wildman–Crippen MR) is 110 cm³/mol. The van der Waals surface area contributed by atoms with E-state index in [2.05, 4.69) is 33.8 Å². The van der Waals surface area contributed by atoms with Crippen molar-refractivity contribution in [1.82, 2.24) is 19.4 Å². The molecular formula is C22H32N4O2. The number of aromatic nitrogens is 2. The maximum atomic E-state index is 6.20. The van der Waals surface area contributed by atoms with Crippen molar-refractivity contribution in [3.8, 4) is 11.5 Å². The molecule has 0 saturated carbocycles. The van der Waals surface area contributed by atoms with Crippen LogP contribution in [0.25, 0.3) is 0 Å². The van der Waals surface area contributed by atoms with Gasteiger partial charge in [0.15, 0.2) is 11.5 Å². The number of rotatable bonds is 9. The molecule has 0 spiro atoms. The number of hydrogen-bond donors (Lipinski definition) is 0. The highest BCUT2D eigenvalue weighted by Crippen LogP contribution is 2.36. The van der Waals surface area contributed by atoms with Crippen LogP contribution in [0.2, 0.25) is 0 Å². The Morgan fingerprint density at radius 3 is 2.68 bits per heavy atom. The molecule has 0 N–H and O–H groups in total. The van der Waals surface area contributed by atoms with E-state index in [1.54, 1.807) is 13.3 Å². The Hall–Kier alpha value is -2.05. The second-order valence-electron chi connectivity index (χ2n) is 7.82. The van der Waals surface area contributed by atoms with E-state index in [4.69, 9.17) is 9.47 Å². The van der Waals surface area contributed by atoms with E-state index in [1.807, 2.05) is 23.2 Å². The van der Waals surface area contributed by atoms with Gasteiger partial charge in [-0.1, -0.05) is 19.1 Å². The first-order valence-corrected chi connectivity index (χ1v) is 10.5. The molecule has 2 aliphatic heterocycles. The Morgan fingerprint density at radius 2 is 1.93 bits per heavy atom. The standard InChI is InChI=1S/C22H32N4O2/c1-3-10-25-11-7-20-19(25)8-12-26(20)16-18-5-4-6-21(27-2)22(18)28-15-14-24-13-9-23-17-24/h4-6,9,13,17,19-20H,3,7-8,10-12,14-16H2,1-2H3/t19-,20-/m0/s1. The number of nitrogens with zero attached hydrogens (tertiary/aromatic N) is 4. The molecule has 6 heteroatoms. The summed E-state index contributed by atoms with van der Waals surface area (Å²) in [6.45, 7) is 8.23. The number of imidazole rings is 1. The molecule has 28 heavy (non-hydrogen) atoms. The smallest absolute Gasteiger partial charge is 0.165 e. The van der Waals surface area contributed by atoms with Crippen molar-refractivity contribution in [2.45, 2.75) is 51.4 Å². The Balaban J connectivity index is 1.44. The van der Waals surface area contributed by atoms with Crippen LogP contribution in [0.4, 0.5) is 0 Å². The zero-order valence-corrected chi connectivity index (χ0v) is 17.1. The minimum absolute atomic E-state index is 0.597. The molecule has 2 atom stereocenters. The number of likely N-dealkylation sites (tertiary alicyclic amines) is 2. The summed E-state index contributed by atoms with van der Waals surface area (Å²) in [5.41, 5.74) is 1.22. The van der Waals surface area contributed by atoms with E-state index in [1.165, 1.54) is 44.5 Å². The fourth-order valence-electron chi connectivity index (χ4n) is 4.83. The monoisotopic (exact) mass is 384 g/mol. The second kappa shape index (κ2) is 8.97. The number of ether oxygens (including phenoxy) is 2. The molecule has 0 radical (unpaired) electrons. The van der Waals surface area contributed by atoms with Crippen LogP contribution in [0.5, 0.6) is 11.5 Å². The third-order valence-corrected chi connectivity index (χ3v) is 6.13. The number of fused-ring (bicyclic) bond motifs is 1. The summed E-state index contributed by atoms with van der Waals surface area (Å²) in [5.74, 6) is 1.70. The van der Waals surface area contributed by atoms with Gasteiger partial charge < -0.3 is 14.0 Å². The summed E-state index contributed by atoms with van der Waals surface area (Å²) in [6, 6.07) is 7.65. The molecule has 2 saturated heterocycles. The maximum absolute atomic E-state index is 6.20. The number of methoxy groups -OCH3 is 1. The van der Waals surface area contributed by atoms with Crippen molar-refractivity contribution < 1.29 is 9.47 Å². The molecule has 1 aromatic carbocycles. The molecule has 0 aliphatic carbocycles. The molecule has 2 aliphatic rings. The highest BCUT2D eigenvalue weighted by atomic mass is 16.5. The van der Waals surface area contributed by atoms with Crippen LogP contribution in [-0.2, 0) is 13.1 Å². The summed E-state index contributed by atoms with van der Waals surface area (Å²) in [6.07, 6.45) is 9.38. The molecular weight excluding hydrogens is 352 g/mol. The van der Waals surface area contributed by atoms with Gasteiger partial charge in [-0.25, -0.2) is 4.98 Å². The SMILES string of the molecule is CCCN1CC[C@H]2[C@@H]1CCN2Cc1cccc(OC)c1OCCn1ccnc1. The Morgan fingerprint density at radius 1 is 1.11 bits per heavy atom. The van der Waals surface area contributed by atoms with Crippen molar-refractivity contribution in [1.29, 1.82) is 0 Å². The fourth-order valence-corrected chi connectivity index (χ4v) is 4.83. The van der Waals surface area contributed by atoms with E-state index in [-0.39, 0.29) is 0 Å². The van der Waals surface area contributed by atoms with Crippen LogP contribution in [0, 0.1) is 0 Å². The van der Waals surface area contributed by atoms with Gasteiger partial charge in [0.2, 0.25) is 0 Å². The Kier molecular flexibility index (Phi) is 6.17. The number of benzene rings is 1. The predicted octanol–water partition coefficient (Wildman–Crippen LogP) is 3.03. The van der Waals surface area contributed by atoms with Gasteiger partial charge in [-0.05, 0) is 31.9 Å². The van der Waals surface area contributed by atoms with Crippen molar-refractivity contribution in [2.24, 2.45) is 0 Å². The summed E-state index contributed by atoms with van der Waals surface area (Å²) in [4.78, 5) is 9.43. The van der Waals surface area contributed by atoms with Crippen molar-refractivity contribution in [3.05, 3.63) is 42.5 Å². The third-order valence-electron chi connectivity index (χ3n) is 6.13. The van der Waals surface area contributed by atoms with E-state index >= 15 is 0 Å². The van der Waals surface area contributed by atoms with Gasteiger partial charge in [0.1, 0.15) is 6.61 Å². The van der Waals surface area contributed by atoms with Crippen LogP contribution in [0.15, 0.2) is 36.9 Å². The highest BCUT2D eigenvalue weighted by molar-refractivity contribution is 5.46. The van der Waals surface area contributed by atoms with Crippen LogP contribution in [-0.4, -0.2) is 64.8 Å². The third kappa shape index (κ3) is 4.03. The molecule has 0 bridgehead atoms. The molecule has 1 aromatic heterocycles. The van der Waals surface area contributed by atoms with Crippen molar-refractivity contribution >= 4 is 0 Å². The summed E-state index contributed by atoms with van der Waals surface area (Å²) in [7, 11) is 1.72. The molecule has 2 fully saturated rings. The van der Waals surface area contributed by atoms with Gasteiger partial charge in [-0.3, -0.25) is 9.80 Å². The average Bonchev–Trinajstić information content (AvgIpc) is 3.44. The minimum atomic E-state index is 0.597. The minimum Gasteiger partial charge on any atom is -0.493 e. The average molecular weight is 385 g/mol. The lowest BCUT2D eigenvalue weighted by Gasteiger charge is -2.26. The first kappa shape index (κ1) is 19.3. The Bertz CT molecular complexity index is 749. The van der Waals surface area contributed by atoms with E-state index in [0.29, 0.717) is 12.6 Å². The Labute approximate surface area is 168 Å². The summed E-state index contributed by atoms with van der Waals surface area (Å²) in [5, 5.41) is 0. The van der Waals surface area contributed by atoms with Gasteiger partial charge >= 0.3 is 0 Å². The van der Waals surface area contributed by atoms with Crippen LogP contribution in [0.1, 0.15) is 31.7 Å². The quantitative estimate of drug-likeness (QED) is 0.665. The van der Waals surface area contributed by atoms with Gasteiger partial charge in [0, 0.05) is 49.7 Å².